The molecule has 0 saturated heterocycles. The molecular formula is C13H22O4. The Balaban J connectivity index is 2.77. The summed E-state index contributed by atoms with van der Waals surface area (Å²) < 4.78 is 4.79. The van der Waals surface area contributed by atoms with Gasteiger partial charge in [-0.2, -0.15) is 0 Å². The molecule has 1 fully saturated rings. The van der Waals surface area contributed by atoms with E-state index >= 15 is 0 Å². The summed E-state index contributed by atoms with van der Waals surface area (Å²) in [5.41, 5.74) is -1.12. The SMILES string of the molecule is CCCC1(C(=O)O)CCC(C)(C(=O)OC)CC1. The molecule has 1 saturated carbocycles. The summed E-state index contributed by atoms with van der Waals surface area (Å²) in [5, 5.41) is 9.37. The maximum Gasteiger partial charge on any atom is 0.311 e. The van der Waals surface area contributed by atoms with E-state index in [1.807, 2.05) is 13.8 Å². The fraction of sp³-hybridized carbons (Fsp3) is 0.846. The number of hydrogen-bond acceptors (Lipinski definition) is 3. The maximum absolute atomic E-state index is 11.7. The van der Waals surface area contributed by atoms with Crippen molar-refractivity contribution in [3.63, 3.8) is 0 Å². The summed E-state index contributed by atoms with van der Waals surface area (Å²) in [6, 6.07) is 0. The minimum absolute atomic E-state index is 0.215. The average Bonchev–Trinajstić information content (AvgIpc) is 2.31. The fourth-order valence-electron chi connectivity index (χ4n) is 2.78. The lowest BCUT2D eigenvalue weighted by Gasteiger charge is -2.40. The Bertz CT molecular complexity index is 301. The lowest BCUT2D eigenvalue weighted by Crippen LogP contribution is -2.42. The van der Waals surface area contributed by atoms with E-state index < -0.39 is 16.8 Å². The summed E-state index contributed by atoms with van der Waals surface area (Å²) >= 11 is 0. The van der Waals surface area contributed by atoms with Gasteiger partial charge in [0.1, 0.15) is 0 Å². The third kappa shape index (κ3) is 2.61. The minimum Gasteiger partial charge on any atom is -0.481 e. The van der Waals surface area contributed by atoms with Crippen molar-refractivity contribution in [3.05, 3.63) is 0 Å². The molecule has 0 bridgehead atoms. The zero-order valence-corrected chi connectivity index (χ0v) is 10.9. The molecule has 1 aliphatic rings. The number of carboxylic acid groups (broad SMARTS) is 1. The van der Waals surface area contributed by atoms with E-state index in [9.17, 15) is 14.7 Å². The van der Waals surface area contributed by atoms with Gasteiger partial charge in [-0.1, -0.05) is 13.3 Å². The quantitative estimate of drug-likeness (QED) is 0.770. The molecule has 0 radical (unpaired) electrons. The van der Waals surface area contributed by atoms with Crippen molar-refractivity contribution in [1.29, 1.82) is 0 Å². The Hall–Kier alpha value is -1.06. The number of carbonyl (C=O) groups is 2. The summed E-state index contributed by atoms with van der Waals surface area (Å²) in [6.07, 6.45) is 3.91. The number of carboxylic acids is 1. The third-order valence-electron chi connectivity index (χ3n) is 4.17. The topological polar surface area (TPSA) is 63.6 Å². The lowest BCUT2D eigenvalue weighted by molar-refractivity contribution is -0.162. The van der Waals surface area contributed by atoms with Crippen LogP contribution in [0.25, 0.3) is 0 Å². The highest BCUT2D eigenvalue weighted by atomic mass is 16.5. The number of methoxy groups -OCH3 is 1. The van der Waals surface area contributed by atoms with Crippen LogP contribution in [0.15, 0.2) is 0 Å². The second-order valence-corrected chi connectivity index (χ2v) is 5.39. The summed E-state index contributed by atoms with van der Waals surface area (Å²) in [6.45, 7) is 3.87. The van der Waals surface area contributed by atoms with Gasteiger partial charge in [-0.05, 0) is 39.0 Å². The average molecular weight is 242 g/mol. The Labute approximate surface area is 102 Å². The highest BCUT2D eigenvalue weighted by Crippen LogP contribution is 2.48. The molecule has 0 aromatic rings. The minimum atomic E-state index is -0.716. The number of rotatable bonds is 4. The van der Waals surface area contributed by atoms with Crippen LogP contribution in [-0.2, 0) is 14.3 Å². The van der Waals surface area contributed by atoms with Crippen molar-refractivity contribution < 1.29 is 19.4 Å². The normalized spacial score (nSPS) is 33.1. The molecule has 98 valence electrons. The molecule has 0 amide bonds. The van der Waals surface area contributed by atoms with Gasteiger partial charge in [0.15, 0.2) is 0 Å². The van der Waals surface area contributed by atoms with Crippen LogP contribution in [0.5, 0.6) is 0 Å². The highest BCUT2D eigenvalue weighted by molar-refractivity contribution is 5.78. The first-order chi connectivity index (χ1) is 7.90. The molecule has 1 aliphatic carbocycles. The lowest BCUT2D eigenvalue weighted by atomic mass is 9.63. The molecule has 0 aliphatic heterocycles. The summed E-state index contributed by atoms with van der Waals surface area (Å²) in [5.74, 6) is -0.931. The van der Waals surface area contributed by atoms with Crippen molar-refractivity contribution >= 4 is 11.9 Å². The van der Waals surface area contributed by atoms with Crippen molar-refractivity contribution in [2.24, 2.45) is 10.8 Å². The van der Waals surface area contributed by atoms with Crippen LogP contribution < -0.4 is 0 Å². The molecule has 0 spiro atoms. The second kappa shape index (κ2) is 5.07. The van der Waals surface area contributed by atoms with E-state index in [1.54, 1.807) is 0 Å². The van der Waals surface area contributed by atoms with Gasteiger partial charge in [0.25, 0.3) is 0 Å². The zero-order chi connectivity index (χ0) is 13.1. The van der Waals surface area contributed by atoms with E-state index in [0.717, 1.165) is 6.42 Å². The van der Waals surface area contributed by atoms with Crippen molar-refractivity contribution in [2.45, 2.75) is 52.4 Å². The Kier molecular flexibility index (Phi) is 4.17. The predicted octanol–water partition coefficient (Wildman–Crippen LogP) is 2.61. The first-order valence-electron chi connectivity index (χ1n) is 6.22. The van der Waals surface area contributed by atoms with Crippen LogP contribution >= 0.6 is 0 Å². The summed E-state index contributed by atoms with van der Waals surface area (Å²) in [4.78, 5) is 23.1. The molecule has 1 rings (SSSR count). The third-order valence-corrected chi connectivity index (χ3v) is 4.17. The van der Waals surface area contributed by atoms with Crippen LogP contribution in [0.1, 0.15) is 52.4 Å². The van der Waals surface area contributed by atoms with Gasteiger partial charge in [-0.3, -0.25) is 9.59 Å². The molecule has 4 nitrogen and oxygen atoms in total. The van der Waals surface area contributed by atoms with Gasteiger partial charge in [0.2, 0.25) is 0 Å². The molecule has 0 heterocycles. The molecular weight excluding hydrogens is 220 g/mol. The monoisotopic (exact) mass is 242 g/mol. The van der Waals surface area contributed by atoms with Crippen molar-refractivity contribution in [3.8, 4) is 0 Å². The number of aliphatic carboxylic acids is 1. The van der Waals surface area contributed by atoms with Gasteiger partial charge >= 0.3 is 11.9 Å². The molecule has 17 heavy (non-hydrogen) atoms. The van der Waals surface area contributed by atoms with E-state index in [1.165, 1.54) is 7.11 Å². The molecule has 0 aromatic carbocycles. The highest BCUT2D eigenvalue weighted by Gasteiger charge is 2.48. The largest absolute Gasteiger partial charge is 0.481 e. The first-order valence-corrected chi connectivity index (χ1v) is 6.22. The van der Waals surface area contributed by atoms with Gasteiger partial charge in [0.05, 0.1) is 17.9 Å². The number of esters is 1. The number of hydrogen-bond donors (Lipinski definition) is 1. The van der Waals surface area contributed by atoms with E-state index in [-0.39, 0.29) is 5.97 Å². The standard InChI is InChI=1S/C13H22O4/c1-4-5-13(10(14)15)8-6-12(2,7-9-13)11(16)17-3/h4-9H2,1-3H3,(H,14,15). The van der Waals surface area contributed by atoms with Crippen molar-refractivity contribution in [2.75, 3.05) is 7.11 Å². The smallest absolute Gasteiger partial charge is 0.311 e. The van der Waals surface area contributed by atoms with Crippen molar-refractivity contribution in [1.82, 2.24) is 0 Å². The Morgan fingerprint density at radius 2 is 1.76 bits per heavy atom. The zero-order valence-electron chi connectivity index (χ0n) is 10.9. The molecule has 1 N–H and O–H groups in total. The molecule has 4 heteroatoms. The van der Waals surface area contributed by atoms with Crippen LogP contribution in [0.4, 0.5) is 0 Å². The van der Waals surface area contributed by atoms with Gasteiger partial charge in [-0.25, -0.2) is 0 Å². The molecule has 0 aromatic heterocycles. The maximum atomic E-state index is 11.7. The number of carbonyl (C=O) groups excluding carboxylic acids is 1. The number of ether oxygens (including phenoxy) is 1. The van der Waals surface area contributed by atoms with Gasteiger partial charge in [-0.15, -0.1) is 0 Å². The van der Waals surface area contributed by atoms with E-state index in [4.69, 9.17) is 4.74 Å². The van der Waals surface area contributed by atoms with Crippen LogP contribution in [0.2, 0.25) is 0 Å². The second-order valence-electron chi connectivity index (χ2n) is 5.39. The predicted molar refractivity (Wildman–Crippen MR) is 63.6 cm³/mol. The van der Waals surface area contributed by atoms with Crippen LogP contribution in [0.3, 0.4) is 0 Å². The molecule has 0 atom stereocenters. The van der Waals surface area contributed by atoms with E-state index in [2.05, 4.69) is 0 Å². The van der Waals surface area contributed by atoms with E-state index in [0.29, 0.717) is 32.1 Å². The Morgan fingerprint density at radius 3 is 2.12 bits per heavy atom. The van der Waals surface area contributed by atoms with Gasteiger partial charge < -0.3 is 9.84 Å². The van der Waals surface area contributed by atoms with Gasteiger partial charge in [0, 0.05) is 0 Å². The van der Waals surface area contributed by atoms with Crippen LogP contribution in [-0.4, -0.2) is 24.2 Å². The Morgan fingerprint density at radius 1 is 1.24 bits per heavy atom. The first kappa shape index (κ1) is 14.0. The molecule has 0 unspecified atom stereocenters. The van der Waals surface area contributed by atoms with Crippen LogP contribution in [0, 0.1) is 10.8 Å². The fourth-order valence-corrected chi connectivity index (χ4v) is 2.78. The summed E-state index contributed by atoms with van der Waals surface area (Å²) in [7, 11) is 1.39.